The molecule has 2 nitrogen and oxygen atoms in total. The third-order valence-electron chi connectivity index (χ3n) is 4.76. The second-order valence-corrected chi connectivity index (χ2v) is 5.81. The Bertz CT molecular complexity index is 448. The van der Waals surface area contributed by atoms with E-state index in [1.165, 1.54) is 37.7 Å². The number of amides is 1. The molecule has 2 heteroatoms. The minimum absolute atomic E-state index is 0.0734. The third kappa shape index (κ3) is 1.94. The molecule has 1 aromatic rings. The zero-order chi connectivity index (χ0) is 12.5. The van der Waals surface area contributed by atoms with Crippen molar-refractivity contribution in [3.63, 3.8) is 0 Å². The first-order valence-corrected chi connectivity index (χ1v) is 7.17. The number of hydrogen-bond acceptors (Lipinski definition) is 1. The highest BCUT2D eigenvalue weighted by Gasteiger charge is 2.37. The highest BCUT2D eigenvalue weighted by molar-refractivity contribution is 6.03. The number of carbonyl (C=O) groups excluding carboxylic acids is 1. The monoisotopic (exact) mass is 243 g/mol. The molecular weight excluding hydrogens is 222 g/mol. The second-order valence-electron chi connectivity index (χ2n) is 5.81. The van der Waals surface area contributed by atoms with E-state index in [0.717, 1.165) is 11.6 Å². The Balaban J connectivity index is 1.85. The molecule has 0 spiro atoms. The van der Waals surface area contributed by atoms with E-state index >= 15 is 0 Å². The van der Waals surface area contributed by atoms with E-state index in [1.54, 1.807) is 0 Å². The molecule has 3 rings (SSSR count). The Morgan fingerprint density at radius 3 is 2.67 bits per heavy atom. The van der Waals surface area contributed by atoms with Gasteiger partial charge in [0.2, 0.25) is 5.91 Å². The summed E-state index contributed by atoms with van der Waals surface area (Å²) in [4.78, 5) is 12.2. The molecule has 96 valence electrons. The largest absolute Gasteiger partial charge is 0.325 e. The SMILES string of the molecule is CC(C1CCCCC1)C1C(=O)Nc2ccccc21. The van der Waals surface area contributed by atoms with Gasteiger partial charge in [0, 0.05) is 5.69 Å². The summed E-state index contributed by atoms with van der Waals surface area (Å²) >= 11 is 0. The van der Waals surface area contributed by atoms with E-state index < -0.39 is 0 Å². The van der Waals surface area contributed by atoms with Crippen LogP contribution in [0.4, 0.5) is 5.69 Å². The summed E-state index contributed by atoms with van der Waals surface area (Å²) in [6.07, 6.45) is 6.65. The average Bonchev–Trinajstić information content (AvgIpc) is 2.75. The lowest BCUT2D eigenvalue weighted by atomic mass is 9.73. The number of carbonyl (C=O) groups is 1. The molecule has 2 unspecified atom stereocenters. The molecule has 0 radical (unpaired) electrons. The molecule has 0 saturated heterocycles. The van der Waals surface area contributed by atoms with Gasteiger partial charge >= 0.3 is 0 Å². The van der Waals surface area contributed by atoms with Crippen LogP contribution in [0.15, 0.2) is 24.3 Å². The van der Waals surface area contributed by atoms with E-state index in [-0.39, 0.29) is 11.8 Å². The topological polar surface area (TPSA) is 29.1 Å². The van der Waals surface area contributed by atoms with Gasteiger partial charge < -0.3 is 5.32 Å². The smallest absolute Gasteiger partial charge is 0.232 e. The predicted molar refractivity (Wildman–Crippen MR) is 73.6 cm³/mol. The lowest BCUT2D eigenvalue weighted by molar-refractivity contribution is -0.118. The van der Waals surface area contributed by atoms with Gasteiger partial charge in [-0.1, -0.05) is 57.2 Å². The molecule has 1 aliphatic carbocycles. The number of fused-ring (bicyclic) bond motifs is 1. The Morgan fingerprint density at radius 2 is 1.89 bits per heavy atom. The molecule has 0 aromatic heterocycles. The summed E-state index contributed by atoms with van der Waals surface area (Å²) in [6, 6.07) is 8.16. The lowest BCUT2D eigenvalue weighted by Gasteiger charge is -2.30. The molecule has 1 aliphatic heterocycles. The minimum Gasteiger partial charge on any atom is -0.325 e. The number of rotatable bonds is 2. The average molecular weight is 243 g/mol. The number of nitrogens with one attached hydrogen (secondary N) is 1. The van der Waals surface area contributed by atoms with Crippen molar-refractivity contribution >= 4 is 11.6 Å². The van der Waals surface area contributed by atoms with E-state index in [1.807, 2.05) is 18.2 Å². The minimum atomic E-state index is 0.0734. The molecule has 1 aromatic carbocycles. The van der Waals surface area contributed by atoms with E-state index in [9.17, 15) is 4.79 Å². The third-order valence-corrected chi connectivity index (χ3v) is 4.76. The van der Waals surface area contributed by atoms with Crippen LogP contribution < -0.4 is 5.32 Å². The lowest BCUT2D eigenvalue weighted by Crippen LogP contribution is -2.26. The van der Waals surface area contributed by atoms with Gasteiger partial charge in [0.15, 0.2) is 0 Å². The fourth-order valence-corrected chi connectivity index (χ4v) is 3.69. The number of hydrogen-bond donors (Lipinski definition) is 1. The Hall–Kier alpha value is -1.31. The van der Waals surface area contributed by atoms with Crippen LogP contribution in [0.25, 0.3) is 0 Å². The molecule has 1 saturated carbocycles. The van der Waals surface area contributed by atoms with Crippen LogP contribution in [-0.4, -0.2) is 5.91 Å². The zero-order valence-corrected chi connectivity index (χ0v) is 11.0. The first-order valence-electron chi connectivity index (χ1n) is 7.17. The maximum Gasteiger partial charge on any atom is 0.232 e. The molecule has 0 bridgehead atoms. The van der Waals surface area contributed by atoms with Crippen molar-refractivity contribution in [2.75, 3.05) is 5.32 Å². The Morgan fingerprint density at radius 1 is 1.17 bits per heavy atom. The van der Waals surface area contributed by atoms with Crippen LogP contribution >= 0.6 is 0 Å². The Kier molecular flexibility index (Phi) is 3.11. The summed E-state index contributed by atoms with van der Waals surface area (Å²) < 4.78 is 0. The second kappa shape index (κ2) is 4.75. The highest BCUT2D eigenvalue weighted by Crippen LogP contribution is 2.43. The van der Waals surface area contributed by atoms with Gasteiger partial charge in [-0.15, -0.1) is 0 Å². The van der Waals surface area contributed by atoms with Gasteiger partial charge in [-0.25, -0.2) is 0 Å². The summed E-state index contributed by atoms with van der Waals surface area (Å²) in [5, 5.41) is 3.03. The van der Waals surface area contributed by atoms with E-state index in [4.69, 9.17) is 0 Å². The highest BCUT2D eigenvalue weighted by atomic mass is 16.2. The van der Waals surface area contributed by atoms with Crippen molar-refractivity contribution in [3.05, 3.63) is 29.8 Å². The molecule has 2 aliphatic rings. The van der Waals surface area contributed by atoms with Gasteiger partial charge in [0.1, 0.15) is 0 Å². The molecule has 1 fully saturated rings. The standard InChI is InChI=1S/C16H21NO/c1-11(12-7-3-2-4-8-12)15-13-9-5-6-10-14(13)17-16(15)18/h5-6,9-12,15H,2-4,7-8H2,1H3,(H,17,18). The molecule has 18 heavy (non-hydrogen) atoms. The molecule has 2 atom stereocenters. The first kappa shape index (κ1) is 11.8. The van der Waals surface area contributed by atoms with Gasteiger partial charge in [0.25, 0.3) is 0 Å². The molecule has 1 heterocycles. The van der Waals surface area contributed by atoms with E-state index in [0.29, 0.717) is 5.92 Å². The summed E-state index contributed by atoms with van der Waals surface area (Å²) in [7, 11) is 0. The zero-order valence-electron chi connectivity index (χ0n) is 11.0. The van der Waals surface area contributed by atoms with Crippen molar-refractivity contribution in [2.45, 2.75) is 44.9 Å². The number of anilines is 1. The van der Waals surface area contributed by atoms with E-state index in [2.05, 4.69) is 18.3 Å². The van der Waals surface area contributed by atoms with Crippen LogP contribution in [0.2, 0.25) is 0 Å². The van der Waals surface area contributed by atoms with Gasteiger partial charge in [-0.3, -0.25) is 4.79 Å². The maximum atomic E-state index is 12.2. The molecular formula is C16H21NO. The van der Waals surface area contributed by atoms with Crippen molar-refractivity contribution in [3.8, 4) is 0 Å². The fraction of sp³-hybridized carbons (Fsp3) is 0.562. The van der Waals surface area contributed by atoms with Crippen LogP contribution in [-0.2, 0) is 4.79 Å². The van der Waals surface area contributed by atoms with Crippen LogP contribution in [0.1, 0.15) is 50.5 Å². The number of para-hydroxylation sites is 1. The molecule has 1 amide bonds. The summed E-state index contributed by atoms with van der Waals surface area (Å²) in [5.41, 5.74) is 2.23. The van der Waals surface area contributed by atoms with Gasteiger partial charge in [-0.2, -0.15) is 0 Å². The van der Waals surface area contributed by atoms with Crippen molar-refractivity contribution in [1.29, 1.82) is 0 Å². The fourth-order valence-electron chi connectivity index (χ4n) is 3.69. The van der Waals surface area contributed by atoms with Crippen molar-refractivity contribution in [2.24, 2.45) is 11.8 Å². The van der Waals surface area contributed by atoms with Crippen LogP contribution in [0.5, 0.6) is 0 Å². The van der Waals surface area contributed by atoms with Gasteiger partial charge in [0.05, 0.1) is 5.92 Å². The van der Waals surface area contributed by atoms with Crippen LogP contribution in [0, 0.1) is 11.8 Å². The first-order chi connectivity index (χ1) is 8.77. The predicted octanol–water partition coefficient (Wildman–Crippen LogP) is 3.94. The van der Waals surface area contributed by atoms with Crippen molar-refractivity contribution in [1.82, 2.24) is 0 Å². The van der Waals surface area contributed by atoms with Crippen LogP contribution in [0.3, 0.4) is 0 Å². The normalized spacial score (nSPS) is 25.6. The number of benzene rings is 1. The summed E-state index contributed by atoms with van der Waals surface area (Å²) in [6.45, 7) is 2.27. The quantitative estimate of drug-likeness (QED) is 0.837. The summed E-state index contributed by atoms with van der Waals surface area (Å²) in [5.74, 6) is 1.47. The molecule has 1 N–H and O–H groups in total. The maximum absolute atomic E-state index is 12.2. The van der Waals surface area contributed by atoms with Crippen molar-refractivity contribution < 1.29 is 4.79 Å². The Labute approximate surface area is 109 Å². The van der Waals surface area contributed by atoms with Gasteiger partial charge in [-0.05, 0) is 23.5 Å².